The van der Waals surface area contributed by atoms with Crippen molar-refractivity contribution >= 4 is 29.5 Å². The maximum atomic E-state index is 12.8. The van der Waals surface area contributed by atoms with Gasteiger partial charge in [0.25, 0.3) is 11.8 Å². The topological polar surface area (TPSA) is 87.7 Å². The second-order valence-corrected chi connectivity index (χ2v) is 6.51. The molecule has 6 nitrogen and oxygen atoms in total. The fourth-order valence-corrected chi connectivity index (χ4v) is 2.64. The van der Waals surface area contributed by atoms with E-state index >= 15 is 0 Å². The third-order valence-corrected chi connectivity index (χ3v) is 4.32. The second-order valence-electron chi connectivity index (χ2n) is 6.51. The zero-order valence-electron chi connectivity index (χ0n) is 15.5. The average Bonchev–Trinajstić information content (AvgIpc) is 3.54. The van der Waals surface area contributed by atoms with Crippen molar-refractivity contribution in [3.05, 3.63) is 71.3 Å². The van der Waals surface area contributed by atoms with Crippen LogP contribution in [0, 0.1) is 0 Å². The molecule has 0 aliphatic heterocycles. The highest BCUT2D eigenvalue weighted by Gasteiger charge is 2.25. The molecule has 1 aliphatic rings. The van der Waals surface area contributed by atoms with Gasteiger partial charge in [-0.15, -0.1) is 0 Å². The minimum Gasteiger partial charge on any atom is -0.497 e. The molecule has 1 saturated carbocycles. The number of hydrogen-bond donors (Lipinski definition) is 3. The van der Waals surface area contributed by atoms with Gasteiger partial charge >= 0.3 is 0 Å². The lowest BCUT2D eigenvalue weighted by molar-refractivity contribution is -0.124. The van der Waals surface area contributed by atoms with Gasteiger partial charge in [0.05, 0.1) is 7.11 Å². The first-order chi connectivity index (χ1) is 13.6. The molecular weight excluding hydrogens is 356 g/mol. The predicted molar refractivity (Wildman–Crippen MR) is 107 cm³/mol. The first kappa shape index (κ1) is 19.4. The van der Waals surface area contributed by atoms with Crippen molar-refractivity contribution < 1.29 is 19.5 Å². The van der Waals surface area contributed by atoms with Gasteiger partial charge in [-0.05, 0) is 53.8 Å². The highest BCUT2D eigenvalue weighted by Crippen LogP contribution is 2.25. The molecule has 28 heavy (non-hydrogen) atoms. The summed E-state index contributed by atoms with van der Waals surface area (Å²) in [6.45, 7) is 0. The molecule has 3 N–H and O–H groups in total. The molecule has 1 fully saturated rings. The SMILES string of the molecule is COc1cccc(/C(=C/c2ccc(/C=C/C(=O)NO)cc2)C(=O)NC2CC2)c1. The maximum Gasteiger partial charge on any atom is 0.267 e. The van der Waals surface area contributed by atoms with Crippen LogP contribution >= 0.6 is 0 Å². The lowest BCUT2D eigenvalue weighted by Crippen LogP contribution is -2.26. The van der Waals surface area contributed by atoms with Crippen LogP contribution in [-0.2, 0) is 9.59 Å². The van der Waals surface area contributed by atoms with Gasteiger partial charge < -0.3 is 10.1 Å². The predicted octanol–water partition coefficient (Wildman–Crippen LogP) is 3.03. The van der Waals surface area contributed by atoms with Crippen molar-refractivity contribution in [2.75, 3.05) is 7.11 Å². The number of ether oxygens (including phenoxy) is 1. The number of carbonyl (C=O) groups is 2. The number of hydroxylamine groups is 1. The second kappa shape index (κ2) is 9.01. The Bertz CT molecular complexity index is 912. The fourth-order valence-electron chi connectivity index (χ4n) is 2.64. The summed E-state index contributed by atoms with van der Waals surface area (Å²) >= 11 is 0. The Balaban J connectivity index is 1.88. The zero-order valence-corrected chi connectivity index (χ0v) is 15.5. The van der Waals surface area contributed by atoms with E-state index in [4.69, 9.17) is 9.94 Å². The summed E-state index contributed by atoms with van der Waals surface area (Å²) in [6, 6.07) is 15.0. The van der Waals surface area contributed by atoms with Gasteiger partial charge in [0.1, 0.15) is 5.75 Å². The molecule has 1 aliphatic carbocycles. The van der Waals surface area contributed by atoms with Crippen molar-refractivity contribution in [1.82, 2.24) is 10.8 Å². The molecule has 2 amide bonds. The van der Waals surface area contributed by atoms with Crippen molar-refractivity contribution in [1.29, 1.82) is 0 Å². The smallest absolute Gasteiger partial charge is 0.267 e. The largest absolute Gasteiger partial charge is 0.497 e. The summed E-state index contributed by atoms with van der Waals surface area (Å²) in [5.74, 6) is -0.0226. The van der Waals surface area contributed by atoms with Crippen molar-refractivity contribution in [3.8, 4) is 5.75 Å². The highest BCUT2D eigenvalue weighted by atomic mass is 16.5. The molecule has 6 heteroatoms. The van der Waals surface area contributed by atoms with Gasteiger partial charge in [-0.3, -0.25) is 14.8 Å². The highest BCUT2D eigenvalue weighted by molar-refractivity contribution is 6.24. The lowest BCUT2D eigenvalue weighted by Gasteiger charge is -2.10. The molecule has 0 aromatic heterocycles. The van der Waals surface area contributed by atoms with Crippen LogP contribution in [0.2, 0.25) is 0 Å². The normalized spacial score (nSPS) is 14.0. The third kappa shape index (κ3) is 5.31. The van der Waals surface area contributed by atoms with Crippen LogP contribution in [0.4, 0.5) is 0 Å². The van der Waals surface area contributed by atoms with E-state index in [9.17, 15) is 9.59 Å². The van der Waals surface area contributed by atoms with E-state index in [1.165, 1.54) is 6.08 Å². The van der Waals surface area contributed by atoms with Crippen LogP contribution in [0.5, 0.6) is 5.75 Å². The van der Waals surface area contributed by atoms with E-state index < -0.39 is 5.91 Å². The lowest BCUT2D eigenvalue weighted by atomic mass is 10.0. The summed E-state index contributed by atoms with van der Waals surface area (Å²) < 4.78 is 5.28. The van der Waals surface area contributed by atoms with Crippen LogP contribution in [0.15, 0.2) is 54.6 Å². The molecule has 0 bridgehead atoms. The number of benzene rings is 2. The van der Waals surface area contributed by atoms with Crippen LogP contribution in [0.1, 0.15) is 29.5 Å². The van der Waals surface area contributed by atoms with Crippen molar-refractivity contribution in [2.45, 2.75) is 18.9 Å². The number of amides is 2. The Morgan fingerprint density at radius 1 is 1.11 bits per heavy atom. The number of carbonyl (C=O) groups excluding carboxylic acids is 2. The molecule has 0 saturated heterocycles. The van der Waals surface area contributed by atoms with Gasteiger partial charge in [-0.2, -0.15) is 0 Å². The van der Waals surface area contributed by atoms with Crippen molar-refractivity contribution in [3.63, 3.8) is 0 Å². The van der Waals surface area contributed by atoms with E-state index in [1.807, 2.05) is 54.6 Å². The number of hydrogen-bond acceptors (Lipinski definition) is 4. The van der Waals surface area contributed by atoms with E-state index in [2.05, 4.69) is 5.32 Å². The molecule has 0 unspecified atom stereocenters. The summed E-state index contributed by atoms with van der Waals surface area (Å²) in [6.07, 6.45) is 6.68. The summed E-state index contributed by atoms with van der Waals surface area (Å²) in [5, 5.41) is 11.5. The average molecular weight is 378 g/mol. The van der Waals surface area contributed by atoms with Crippen LogP contribution in [0.25, 0.3) is 17.7 Å². The van der Waals surface area contributed by atoms with Gasteiger partial charge in [0.2, 0.25) is 0 Å². The molecule has 144 valence electrons. The summed E-state index contributed by atoms with van der Waals surface area (Å²) in [4.78, 5) is 23.8. The molecule has 0 heterocycles. The molecular formula is C22H22N2O4. The van der Waals surface area contributed by atoms with Gasteiger partial charge in [0.15, 0.2) is 0 Å². The summed E-state index contributed by atoms with van der Waals surface area (Å²) in [7, 11) is 1.59. The fraction of sp³-hybridized carbons (Fsp3) is 0.182. The Labute approximate surface area is 163 Å². The standard InChI is InChI=1S/C22H22N2O4/c1-28-19-4-2-3-17(14-19)20(22(26)23-18-10-11-18)13-16-7-5-15(6-8-16)9-12-21(25)24-27/h2-9,12-14,18,27H,10-11H2,1H3,(H,23,26)(H,24,25)/b12-9+,20-13-. The van der Waals surface area contributed by atoms with Crippen LogP contribution < -0.4 is 15.5 Å². The third-order valence-electron chi connectivity index (χ3n) is 4.32. The molecule has 3 rings (SSSR count). The number of methoxy groups -OCH3 is 1. The Hall–Kier alpha value is -3.38. The minimum absolute atomic E-state index is 0.112. The molecule has 0 radical (unpaired) electrons. The van der Waals surface area contributed by atoms with Gasteiger partial charge in [-0.25, -0.2) is 5.48 Å². The quantitative estimate of drug-likeness (QED) is 0.299. The van der Waals surface area contributed by atoms with E-state index in [-0.39, 0.29) is 11.9 Å². The molecule has 2 aromatic rings. The van der Waals surface area contributed by atoms with Crippen LogP contribution in [-0.4, -0.2) is 30.2 Å². The first-order valence-corrected chi connectivity index (χ1v) is 8.98. The molecule has 0 spiro atoms. The maximum absolute atomic E-state index is 12.8. The van der Waals surface area contributed by atoms with E-state index in [0.29, 0.717) is 11.3 Å². The number of rotatable bonds is 7. The van der Waals surface area contributed by atoms with Gasteiger partial charge in [0, 0.05) is 17.7 Å². The zero-order chi connectivity index (χ0) is 19.9. The summed E-state index contributed by atoms with van der Waals surface area (Å²) in [5.41, 5.74) is 4.54. The first-order valence-electron chi connectivity index (χ1n) is 8.98. The number of nitrogens with one attached hydrogen (secondary N) is 2. The van der Waals surface area contributed by atoms with Gasteiger partial charge in [-0.1, -0.05) is 36.4 Å². The Morgan fingerprint density at radius 3 is 2.46 bits per heavy atom. The Morgan fingerprint density at radius 2 is 1.82 bits per heavy atom. The van der Waals surface area contributed by atoms with Crippen molar-refractivity contribution in [2.24, 2.45) is 0 Å². The minimum atomic E-state index is -0.596. The molecule has 0 atom stereocenters. The van der Waals surface area contributed by atoms with Crippen LogP contribution in [0.3, 0.4) is 0 Å². The monoisotopic (exact) mass is 378 g/mol. The Kier molecular flexibility index (Phi) is 6.24. The van der Waals surface area contributed by atoms with E-state index in [1.54, 1.807) is 18.7 Å². The van der Waals surface area contributed by atoms with E-state index in [0.717, 1.165) is 29.5 Å². The molecule has 2 aromatic carbocycles.